The van der Waals surface area contributed by atoms with E-state index in [-0.39, 0.29) is 16.4 Å². The highest BCUT2D eigenvalue weighted by Crippen LogP contribution is 2.31. The van der Waals surface area contributed by atoms with Crippen molar-refractivity contribution < 1.29 is 9.13 Å². The maximum absolute atomic E-state index is 13.7. The van der Waals surface area contributed by atoms with Crippen LogP contribution in [0.5, 0.6) is 5.75 Å². The Balaban J connectivity index is 2.52. The fraction of sp³-hybridized carbons (Fsp3) is 0.0667. The number of hydrogen-bond acceptors (Lipinski definition) is 3. The van der Waals surface area contributed by atoms with Gasteiger partial charge in [0, 0.05) is 18.0 Å². The first kappa shape index (κ1) is 14.0. The predicted molar refractivity (Wildman–Crippen MR) is 75.5 cm³/mol. The molecule has 0 aliphatic rings. The van der Waals surface area contributed by atoms with Crippen LogP contribution in [0.4, 0.5) is 4.39 Å². The molecule has 0 aliphatic carbocycles. The van der Waals surface area contributed by atoms with Gasteiger partial charge in [-0.2, -0.15) is 5.26 Å². The molecule has 0 N–H and O–H groups in total. The summed E-state index contributed by atoms with van der Waals surface area (Å²) in [7, 11) is 1.38. The van der Waals surface area contributed by atoms with Crippen LogP contribution in [0.25, 0.3) is 10.6 Å². The molecule has 0 radical (unpaired) electrons. The van der Waals surface area contributed by atoms with Crippen molar-refractivity contribution in [2.24, 2.45) is 0 Å². The number of methoxy groups -OCH3 is 1. The SMILES string of the molecule is COc1ccc(/C(Cl)=C(/C#N)c2cccnc2)cc1F. The van der Waals surface area contributed by atoms with Crippen LogP contribution in [0.3, 0.4) is 0 Å². The molecule has 0 aliphatic heterocycles. The molecule has 1 aromatic carbocycles. The zero-order valence-corrected chi connectivity index (χ0v) is 11.4. The summed E-state index contributed by atoms with van der Waals surface area (Å²) < 4.78 is 18.5. The Morgan fingerprint density at radius 3 is 2.70 bits per heavy atom. The lowest BCUT2D eigenvalue weighted by Gasteiger charge is -2.06. The van der Waals surface area contributed by atoms with Gasteiger partial charge in [-0.3, -0.25) is 4.98 Å². The quantitative estimate of drug-likeness (QED) is 0.806. The predicted octanol–water partition coefficient (Wildman–Crippen LogP) is 3.86. The average Bonchev–Trinajstić information content (AvgIpc) is 2.49. The molecule has 5 heteroatoms. The van der Waals surface area contributed by atoms with Crippen molar-refractivity contribution in [2.45, 2.75) is 0 Å². The molecule has 0 bridgehead atoms. The Hall–Kier alpha value is -2.38. The number of nitrogens with zero attached hydrogens (tertiary/aromatic N) is 2. The van der Waals surface area contributed by atoms with E-state index in [4.69, 9.17) is 16.3 Å². The Kier molecular flexibility index (Phi) is 4.34. The first-order chi connectivity index (χ1) is 9.67. The summed E-state index contributed by atoms with van der Waals surface area (Å²) in [6.07, 6.45) is 3.13. The van der Waals surface area contributed by atoms with Gasteiger partial charge in [-0.25, -0.2) is 4.39 Å². The zero-order valence-electron chi connectivity index (χ0n) is 10.6. The number of hydrogen-bond donors (Lipinski definition) is 0. The molecule has 3 nitrogen and oxygen atoms in total. The number of halogens is 2. The van der Waals surface area contributed by atoms with Gasteiger partial charge >= 0.3 is 0 Å². The normalized spacial score (nSPS) is 11.5. The largest absolute Gasteiger partial charge is 0.494 e. The molecule has 20 heavy (non-hydrogen) atoms. The van der Waals surface area contributed by atoms with Crippen molar-refractivity contribution in [1.82, 2.24) is 4.98 Å². The van der Waals surface area contributed by atoms with Crippen molar-refractivity contribution in [3.05, 3.63) is 59.7 Å². The third kappa shape index (κ3) is 2.79. The van der Waals surface area contributed by atoms with Gasteiger partial charge in [-0.15, -0.1) is 0 Å². The molecule has 1 heterocycles. The van der Waals surface area contributed by atoms with Crippen molar-refractivity contribution >= 4 is 22.2 Å². The van der Waals surface area contributed by atoms with Crippen LogP contribution in [-0.4, -0.2) is 12.1 Å². The summed E-state index contributed by atoms with van der Waals surface area (Å²) in [6, 6.07) is 9.72. The second-order valence-electron chi connectivity index (χ2n) is 3.89. The van der Waals surface area contributed by atoms with Crippen molar-refractivity contribution in [2.75, 3.05) is 7.11 Å². The number of nitriles is 1. The maximum Gasteiger partial charge on any atom is 0.165 e. The molecule has 0 unspecified atom stereocenters. The van der Waals surface area contributed by atoms with Gasteiger partial charge in [0.25, 0.3) is 0 Å². The minimum Gasteiger partial charge on any atom is -0.494 e. The van der Waals surface area contributed by atoms with Gasteiger partial charge < -0.3 is 4.74 Å². The number of benzene rings is 1. The highest BCUT2D eigenvalue weighted by molar-refractivity contribution is 6.53. The third-order valence-electron chi connectivity index (χ3n) is 2.69. The van der Waals surface area contributed by atoms with E-state index in [9.17, 15) is 9.65 Å². The Bertz CT molecular complexity index is 693. The minimum atomic E-state index is -0.536. The fourth-order valence-corrected chi connectivity index (χ4v) is 1.97. The molecule has 0 saturated heterocycles. The molecule has 0 amide bonds. The van der Waals surface area contributed by atoms with Crippen molar-refractivity contribution in [3.63, 3.8) is 0 Å². The van der Waals surface area contributed by atoms with E-state index in [1.165, 1.54) is 25.4 Å². The van der Waals surface area contributed by atoms with Gasteiger partial charge in [0.2, 0.25) is 0 Å². The molecule has 0 spiro atoms. The number of pyridine rings is 1. The molecule has 0 saturated carbocycles. The lowest BCUT2D eigenvalue weighted by Crippen LogP contribution is -1.91. The van der Waals surface area contributed by atoms with E-state index in [1.807, 2.05) is 6.07 Å². The Morgan fingerprint density at radius 2 is 2.15 bits per heavy atom. The van der Waals surface area contributed by atoms with Crippen molar-refractivity contribution in [3.8, 4) is 11.8 Å². The zero-order chi connectivity index (χ0) is 14.5. The highest BCUT2D eigenvalue weighted by atomic mass is 35.5. The highest BCUT2D eigenvalue weighted by Gasteiger charge is 2.12. The van der Waals surface area contributed by atoms with E-state index in [2.05, 4.69) is 4.98 Å². The van der Waals surface area contributed by atoms with Crippen molar-refractivity contribution in [1.29, 1.82) is 5.26 Å². The maximum atomic E-state index is 13.7. The molecular weight excluding hydrogens is 279 g/mol. The number of aromatic nitrogens is 1. The summed E-state index contributed by atoms with van der Waals surface area (Å²) in [5.74, 6) is -0.412. The number of ether oxygens (including phenoxy) is 1. The summed E-state index contributed by atoms with van der Waals surface area (Å²) in [5.41, 5.74) is 1.23. The van der Waals surface area contributed by atoms with Gasteiger partial charge in [0.15, 0.2) is 11.6 Å². The van der Waals surface area contributed by atoms with Crippen LogP contribution in [0.1, 0.15) is 11.1 Å². The van der Waals surface area contributed by atoms with Crippen LogP contribution >= 0.6 is 11.6 Å². The molecule has 0 atom stereocenters. The Labute approximate surface area is 120 Å². The lowest BCUT2D eigenvalue weighted by molar-refractivity contribution is 0.386. The fourth-order valence-electron chi connectivity index (χ4n) is 1.70. The number of rotatable bonds is 3. The van der Waals surface area contributed by atoms with E-state index >= 15 is 0 Å². The van der Waals surface area contributed by atoms with Gasteiger partial charge in [0.05, 0.1) is 17.7 Å². The number of allylic oxidation sites excluding steroid dienone is 1. The third-order valence-corrected chi connectivity index (χ3v) is 3.09. The van der Waals surface area contributed by atoms with Gasteiger partial charge in [0.1, 0.15) is 6.07 Å². The van der Waals surface area contributed by atoms with Crippen LogP contribution in [0, 0.1) is 17.1 Å². The minimum absolute atomic E-state index is 0.123. The lowest BCUT2D eigenvalue weighted by atomic mass is 10.1. The smallest absolute Gasteiger partial charge is 0.165 e. The monoisotopic (exact) mass is 288 g/mol. The van der Waals surface area contributed by atoms with E-state index in [0.29, 0.717) is 11.1 Å². The summed E-state index contributed by atoms with van der Waals surface area (Å²) >= 11 is 6.20. The van der Waals surface area contributed by atoms with E-state index in [0.717, 1.165) is 0 Å². The summed E-state index contributed by atoms with van der Waals surface area (Å²) in [5, 5.41) is 9.41. The molecule has 2 rings (SSSR count). The van der Waals surface area contributed by atoms with Crippen LogP contribution in [0.2, 0.25) is 0 Å². The average molecular weight is 289 g/mol. The molecule has 0 fully saturated rings. The molecule has 2 aromatic rings. The van der Waals surface area contributed by atoms with E-state index < -0.39 is 5.82 Å². The van der Waals surface area contributed by atoms with E-state index in [1.54, 1.807) is 24.4 Å². The Morgan fingerprint density at radius 1 is 1.35 bits per heavy atom. The summed E-state index contributed by atoms with van der Waals surface area (Å²) in [6.45, 7) is 0. The second-order valence-corrected chi connectivity index (χ2v) is 4.27. The molecule has 1 aromatic heterocycles. The van der Waals surface area contributed by atoms with Crippen LogP contribution < -0.4 is 4.74 Å². The second kappa shape index (κ2) is 6.18. The first-order valence-electron chi connectivity index (χ1n) is 5.71. The standard InChI is InChI=1S/C15H10ClFN2O/c1-20-14-5-4-10(7-13(14)17)15(16)12(8-18)11-3-2-6-19-9-11/h2-7,9H,1H3/b15-12+. The summed E-state index contributed by atoms with van der Waals surface area (Å²) in [4.78, 5) is 3.94. The van der Waals surface area contributed by atoms with Crippen LogP contribution in [0.15, 0.2) is 42.7 Å². The topological polar surface area (TPSA) is 45.9 Å². The molecule has 100 valence electrons. The van der Waals surface area contributed by atoms with Gasteiger partial charge in [-0.1, -0.05) is 17.7 Å². The van der Waals surface area contributed by atoms with Crippen LogP contribution in [-0.2, 0) is 0 Å². The van der Waals surface area contributed by atoms with Gasteiger partial charge in [-0.05, 0) is 29.8 Å². The molecular formula is C15H10ClFN2O. The first-order valence-corrected chi connectivity index (χ1v) is 6.09.